The van der Waals surface area contributed by atoms with Gasteiger partial charge in [0.1, 0.15) is 0 Å². The molecule has 0 radical (unpaired) electrons. The summed E-state index contributed by atoms with van der Waals surface area (Å²) in [7, 11) is 0. The second-order valence-electron chi connectivity index (χ2n) is 5.36. The molecule has 2 nitrogen and oxygen atoms in total. The van der Waals surface area contributed by atoms with Crippen LogP contribution < -0.4 is 5.32 Å². The monoisotopic (exact) mass is 246 g/mol. The Bertz CT molecular complexity index is 304. The van der Waals surface area contributed by atoms with Gasteiger partial charge in [0.2, 0.25) is 0 Å². The van der Waals surface area contributed by atoms with E-state index < -0.39 is 0 Å². The Balaban J connectivity index is 1.95. The number of nitrogens with one attached hydrogen (secondary N) is 1. The number of nitrogens with zero attached hydrogens (tertiary/aromatic N) is 1. The highest BCUT2D eigenvalue weighted by Crippen LogP contribution is 2.24. The van der Waals surface area contributed by atoms with Crippen molar-refractivity contribution in [2.75, 3.05) is 19.6 Å². The Morgan fingerprint density at radius 1 is 1.06 bits per heavy atom. The van der Waals surface area contributed by atoms with Crippen molar-refractivity contribution in [1.82, 2.24) is 5.32 Å². The minimum absolute atomic E-state index is 0.713. The molecule has 0 aliphatic carbocycles. The zero-order valence-corrected chi connectivity index (χ0v) is 11.4. The van der Waals surface area contributed by atoms with Gasteiger partial charge in [0.25, 0.3) is 0 Å². The maximum atomic E-state index is 4.46. The molecule has 2 rings (SSSR count). The molecule has 0 saturated carbocycles. The molecule has 2 unspecified atom stereocenters. The molecule has 0 saturated heterocycles. The number of hydrogen-bond donors (Lipinski definition) is 1. The van der Waals surface area contributed by atoms with Gasteiger partial charge < -0.3 is 5.32 Å². The van der Waals surface area contributed by atoms with E-state index in [2.05, 4.69) is 40.8 Å². The van der Waals surface area contributed by atoms with Crippen LogP contribution >= 0.6 is 0 Å². The van der Waals surface area contributed by atoms with Crippen LogP contribution in [0.25, 0.3) is 0 Å². The van der Waals surface area contributed by atoms with Gasteiger partial charge in [-0.15, -0.1) is 0 Å². The van der Waals surface area contributed by atoms with Gasteiger partial charge in [-0.05, 0) is 69.7 Å². The van der Waals surface area contributed by atoms with Gasteiger partial charge in [-0.3, -0.25) is 4.99 Å². The first-order valence-corrected chi connectivity index (χ1v) is 7.47. The van der Waals surface area contributed by atoms with E-state index in [9.17, 15) is 0 Å². The van der Waals surface area contributed by atoms with Crippen LogP contribution in [0.2, 0.25) is 0 Å². The van der Waals surface area contributed by atoms with Crippen LogP contribution in [-0.2, 0) is 0 Å². The molecule has 2 aliphatic rings. The molecule has 2 heterocycles. The number of allylic oxidation sites excluding steroid dienone is 3. The fourth-order valence-corrected chi connectivity index (χ4v) is 2.78. The van der Waals surface area contributed by atoms with Crippen molar-refractivity contribution in [1.29, 1.82) is 0 Å². The lowest BCUT2D eigenvalue weighted by Crippen LogP contribution is -2.29. The van der Waals surface area contributed by atoms with Gasteiger partial charge in [-0.1, -0.05) is 24.3 Å². The standard InChI is InChI=1S/C16H26N2/c1-3-8-15(10-7-13-17-11-5-1)16-9-4-2-6-12-18-14-16/h2-4,8,13,15-16,18H,1,5-7,9-12,14H2/b4-2-,8-3?,17-13?. The quantitative estimate of drug-likeness (QED) is 0.705. The summed E-state index contributed by atoms with van der Waals surface area (Å²) in [6.07, 6.45) is 18.9. The smallest absolute Gasteiger partial charge is 0.0388 e. The molecule has 0 spiro atoms. The maximum absolute atomic E-state index is 4.46. The molecule has 2 atom stereocenters. The van der Waals surface area contributed by atoms with E-state index in [0.717, 1.165) is 32.0 Å². The van der Waals surface area contributed by atoms with Crippen LogP contribution in [0.5, 0.6) is 0 Å². The van der Waals surface area contributed by atoms with E-state index >= 15 is 0 Å². The molecule has 0 amide bonds. The molecule has 100 valence electrons. The molecule has 18 heavy (non-hydrogen) atoms. The SMILES string of the molecule is C1=CC(C2C/C=C\CCNC2)CCC=NCCC1. The minimum Gasteiger partial charge on any atom is -0.316 e. The predicted octanol–water partition coefficient (Wildman–Crippen LogP) is 3.36. The van der Waals surface area contributed by atoms with E-state index in [1.165, 1.54) is 32.1 Å². The lowest BCUT2D eigenvalue weighted by molar-refractivity contribution is 0.358. The van der Waals surface area contributed by atoms with Gasteiger partial charge in [0, 0.05) is 6.54 Å². The number of aliphatic imine (C=N–C) groups is 1. The zero-order valence-electron chi connectivity index (χ0n) is 11.4. The van der Waals surface area contributed by atoms with Crippen molar-refractivity contribution in [3.05, 3.63) is 24.3 Å². The largest absolute Gasteiger partial charge is 0.316 e. The van der Waals surface area contributed by atoms with Crippen molar-refractivity contribution in [3.63, 3.8) is 0 Å². The van der Waals surface area contributed by atoms with Crippen molar-refractivity contribution < 1.29 is 0 Å². The maximum Gasteiger partial charge on any atom is 0.0388 e. The van der Waals surface area contributed by atoms with Gasteiger partial charge in [0.15, 0.2) is 0 Å². The highest BCUT2D eigenvalue weighted by Gasteiger charge is 2.18. The van der Waals surface area contributed by atoms with Crippen LogP contribution in [0, 0.1) is 11.8 Å². The van der Waals surface area contributed by atoms with E-state index in [1.54, 1.807) is 0 Å². The molecule has 2 aliphatic heterocycles. The Morgan fingerprint density at radius 2 is 2.06 bits per heavy atom. The zero-order chi connectivity index (χ0) is 12.5. The van der Waals surface area contributed by atoms with Gasteiger partial charge >= 0.3 is 0 Å². The van der Waals surface area contributed by atoms with Crippen molar-refractivity contribution >= 4 is 6.21 Å². The van der Waals surface area contributed by atoms with Crippen LogP contribution in [0.15, 0.2) is 29.3 Å². The summed E-state index contributed by atoms with van der Waals surface area (Å²) in [5.41, 5.74) is 0. The lowest BCUT2D eigenvalue weighted by Gasteiger charge is -2.25. The molecule has 0 aromatic carbocycles. The molecule has 0 fully saturated rings. The average molecular weight is 246 g/mol. The fourth-order valence-electron chi connectivity index (χ4n) is 2.78. The van der Waals surface area contributed by atoms with Crippen LogP contribution in [0.1, 0.15) is 38.5 Å². The summed E-state index contributed by atoms with van der Waals surface area (Å²) in [5, 5.41) is 3.58. The summed E-state index contributed by atoms with van der Waals surface area (Å²) in [5.74, 6) is 1.47. The Kier molecular flexibility index (Phi) is 6.21. The summed E-state index contributed by atoms with van der Waals surface area (Å²) in [4.78, 5) is 4.46. The molecular formula is C16H26N2. The molecule has 0 bridgehead atoms. The summed E-state index contributed by atoms with van der Waals surface area (Å²) in [6.45, 7) is 3.30. The molecular weight excluding hydrogens is 220 g/mol. The highest BCUT2D eigenvalue weighted by atomic mass is 14.9. The Hall–Kier alpha value is -0.890. The Labute approximate surface area is 111 Å². The third kappa shape index (κ3) is 4.77. The summed E-state index contributed by atoms with van der Waals surface area (Å²) >= 11 is 0. The fraction of sp³-hybridized carbons (Fsp3) is 0.688. The average Bonchev–Trinajstić information content (AvgIpc) is 2.36. The first kappa shape index (κ1) is 13.5. The highest BCUT2D eigenvalue weighted by molar-refractivity contribution is 5.57. The van der Waals surface area contributed by atoms with Crippen molar-refractivity contribution in [2.24, 2.45) is 16.8 Å². The summed E-state index contributed by atoms with van der Waals surface area (Å²) in [6, 6.07) is 0. The van der Waals surface area contributed by atoms with E-state index in [4.69, 9.17) is 0 Å². The van der Waals surface area contributed by atoms with Crippen LogP contribution in [0.4, 0.5) is 0 Å². The second-order valence-corrected chi connectivity index (χ2v) is 5.36. The van der Waals surface area contributed by atoms with Crippen LogP contribution in [-0.4, -0.2) is 25.8 Å². The summed E-state index contributed by atoms with van der Waals surface area (Å²) < 4.78 is 0. The third-order valence-electron chi connectivity index (χ3n) is 3.90. The van der Waals surface area contributed by atoms with E-state index in [-0.39, 0.29) is 0 Å². The first-order chi connectivity index (χ1) is 8.97. The topological polar surface area (TPSA) is 24.4 Å². The van der Waals surface area contributed by atoms with Gasteiger partial charge in [-0.2, -0.15) is 0 Å². The van der Waals surface area contributed by atoms with Gasteiger partial charge in [0.05, 0.1) is 0 Å². The van der Waals surface area contributed by atoms with Gasteiger partial charge in [-0.25, -0.2) is 0 Å². The third-order valence-corrected chi connectivity index (χ3v) is 3.90. The lowest BCUT2D eigenvalue weighted by atomic mass is 9.84. The molecule has 2 heteroatoms. The molecule has 1 N–H and O–H groups in total. The predicted molar refractivity (Wildman–Crippen MR) is 79.2 cm³/mol. The van der Waals surface area contributed by atoms with Crippen LogP contribution in [0.3, 0.4) is 0 Å². The van der Waals surface area contributed by atoms with Crippen molar-refractivity contribution in [3.8, 4) is 0 Å². The molecule has 0 aromatic heterocycles. The number of rotatable bonds is 1. The second kappa shape index (κ2) is 8.25. The molecule has 0 aromatic rings. The van der Waals surface area contributed by atoms with E-state index in [1.807, 2.05) is 0 Å². The minimum atomic E-state index is 0.713. The van der Waals surface area contributed by atoms with E-state index in [0.29, 0.717) is 5.92 Å². The number of hydrogen-bond acceptors (Lipinski definition) is 2. The first-order valence-electron chi connectivity index (χ1n) is 7.47. The normalized spacial score (nSPS) is 32.4. The Morgan fingerprint density at radius 3 is 3.06 bits per heavy atom. The van der Waals surface area contributed by atoms with Crippen molar-refractivity contribution in [2.45, 2.75) is 38.5 Å².